The van der Waals surface area contributed by atoms with Gasteiger partial charge in [0.2, 0.25) is 5.91 Å². The molecule has 0 aliphatic carbocycles. The van der Waals surface area contributed by atoms with Crippen molar-refractivity contribution < 1.29 is 9.53 Å². The molecule has 0 spiro atoms. The van der Waals surface area contributed by atoms with Crippen LogP contribution in [0.2, 0.25) is 0 Å². The van der Waals surface area contributed by atoms with Crippen LogP contribution in [-0.4, -0.2) is 41.5 Å². The Bertz CT molecular complexity index is 736. The van der Waals surface area contributed by atoms with E-state index in [1.165, 1.54) is 12.0 Å². The number of para-hydroxylation sites is 1. The van der Waals surface area contributed by atoms with Gasteiger partial charge in [-0.05, 0) is 31.0 Å². The van der Waals surface area contributed by atoms with E-state index < -0.39 is 0 Å². The van der Waals surface area contributed by atoms with Crippen LogP contribution in [0.15, 0.2) is 48.7 Å². The molecule has 5 heteroatoms. The van der Waals surface area contributed by atoms with Crippen LogP contribution < -0.4 is 10.1 Å². The number of benzene rings is 1. The zero-order chi connectivity index (χ0) is 19.6. The van der Waals surface area contributed by atoms with Crippen LogP contribution in [0.25, 0.3) is 0 Å². The Morgan fingerprint density at radius 1 is 1.25 bits per heavy atom. The summed E-state index contributed by atoms with van der Waals surface area (Å²) in [5, 5.41) is 3.01. The van der Waals surface area contributed by atoms with Gasteiger partial charge < -0.3 is 10.1 Å². The van der Waals surface area contributed by atoms with Crippen LogP contribution in [0.4, 0.5) is 0 Å². The summed E-state index contributed by atoms with van der Waals surface area (Å²) in [6.45, 7) is 5.28. The van der Waals surface area contributed by atoms with Gasteiger partial charge in [0.1, 0.15) is 11.9 Å². The molecule has 2 heterocycles. The van der Waals surface area contributed by atoms with Gasteiger partial charge in [-0.1, -0.05) is 37.6 Å². The second-order valence-corrected chi connectivity index (χ2v) is 7.40. The summed E-state index contributed by atoms with van der Waals surface area (Å²) in [6.07, 6.45) is 6.62. The van der Waals surface area contributed by atoms with Gasteiger partial charge in [0.05, 0.1) is 0 Å². The third kappa shape index (κ3) is 6.34. The first-order chi connectivity index (χ1) is 13.7. The fourth-order valence-corrected chi connectivity index (χ4v) is 3.54. The molecular formula is C23H31N3O2. The predicted octanol–water partition coefficient (Wildman–Crippen LogP) is 3.58. The molecule has 1 N–H and O–H groups in total. The number of carbonyl (C=O) groups excluding carboxylic acids is 1. The van der Waals surface area contributed by atoms with Crippen molar-refractivity contribution in [1.29, 1.82) is 0 Å². The molecule has 1 aliphatic heterocycles. The van der Waals surface area contributed by atoms with E-state index in [0.29, 0.717) is 13.0 Å². The molecule has 3 rings (SSSR count). The Hall–Kier alpha value is -2.40. The summed E-state index contributed by atoms with van der Waals surface area (Å²) in [5.74, 6) is 1.09. The number of aromatic nitrogens is 1. The molecule has 0 saturated heterocycles. The molecule has 0 saturated carbocycles. The van der Waals surface area contributed by atoms with E-state index in [4.69, 9.17) is 4.74 Å². The molecule has 1 atom stereocenters. The Balaban J connectivity index is 1.48. The van der Waals surface area contributed by atoms with E-state index in [0.717, 1.165) is 50.3 Å². The van der Waals surface area contributed by atoms with Gasteiger partial charge in [0.25, 0.3) is 0 Å². The number of unbranched alkanes of at least 4 members (excludes halogenated alkanes) is 1. The number of pyridine rings is 1. The number of amides is 1. The van der Waals surface area contributed by atoms with Crippen molar-refractivity contribution in [2.45, 2.75) is 51.7 Å². The first kappa shape index (κ1) is 20.3. The maximum atomic E-state index is 12.3. The predicted molar refractivity (Wildman–Crippen MR) is 111 cm³/mol. The second-order valence-electron chi connectivity index (χ2n) is 7.40. The van der Waals surface area contributed by atoms with Crippen molar-refractivity contribution in [3.63, 3.8) is 0 Å². The van der Waals surface area contributed by atoms with Crippen LogP contribution in [0.5, 0.6) is 5.75 Å². The van der Waals surface area contributed by atoms with Gasteiger partial charge >= 0.3 is 0 Å². The third-order valence-corrected chi connectivity index (χ3v) is 5.09. The van der Waals surface area contributed by atoms with E-state index in [2.05, 4.69) is 40.3 Å². The minimum Gasteiger partial charge on any atom is -0.489 e. The summed E-state index contributed by atoms with van der Waals surface area (Å²) in [5.41, 5.74) is 2.21. The minimum absolute atomic E-state index is 0.0967. The minimum atomic E-state index is 0.0967. The molecule has 1 unspecified atom stereocenters. The van der Waals surface area contributed by atoms with E-state index in [1.807, 2.05) is 24.3 Å². The molecule has 28 heavy (non-hydrogen) atoms. The van der Waals surface area contributed by atoms with Gasteiger partial charge in [-0.3, -0.25) is 14.7 Å². The maximum absolute atomic E-state index is 12.3. The number of hydrogen-bond acceptors (Lipinski definition) is 4. The number of rotatable bonds is 9. The molecule has 1 aliphatic rings. The van der Waals surface area contributed by atoms with Crippen molar-refractivity contribution in [1.82, 2.24) is 15.2 Å². The van der Waals surface area contributed by atoms with E-state index in [1.54, 1.807) is 6.20 Å². The highest BCUT2D eigenvalue weighted by Gasteiger charge is 2.22. The topological polar surface area (TPSA) is 54.5 Å². The van der Waals surface area contributed by atoms with Crippen molar-refractivity contribution in [2.75, 3.05) is 19.6 Å². The van der Waals surface area contributed by atoms with Crippen LogP contribution in [0.3, 0.4) is 0 Å². The number of nitrogens with one attached hydrogen (secondary N) is 1. The SMILES string of the molecule is CCCCC1CN(CCC(=O)NCCc2ccccn2)Cc2ccccc2O1. The van der Waals surface area contributed by atoms with Crippen molar-refractivity contribution >= 4 is 5.91 Å². The maximum Gasteiger partial charge on any atom is 0.221 e. The highest BCUT2D eigenvalue weighted by Crippen LogP contribution is 2.26. The molecule has 2 aromatic rings. The number of ether oxygens (including phenoxy) is 1. The largest absolute Gasteiger partial charge is 0.489 e. The number of hydrogen-bond donors (Lipinski definition) is 1. The Labute approximate surface area is 168 Å². The quantitative estimate of drug-likeness (QED) is 0.721. The van der Waals surface area contributed by atoms with Crippen molar-refractivity contribution in [3.05, 3.63) is 59.9 Å². The lowest BCUT2D eigenvalue weighted by atomic mass is 10.1. The molecular weight excluding hydrogens is 350 g/mol. The van der Waals surface area contributed by atoms with Crippen molar-refractivity contribution in [2.24, 2.45) is 0 Å². The van der Waals surface area contributed by atoms with E-state index in [9.17, 15) is 4.79 Å². The van der Waals surface area contributed by atoms with Gasteiger partial charge in [-0.15, -0.1) is 0 Å². The number of nitrogens with zero attached hydrogens (tertiary/aromatic N) is 2. The number of carbonyl (C=O) groups is 1. The molecule has 1 amide bonds. The highest BCUT2D eigenvalue weighted by atomic mass is 16.5. The van der Waals surface area contributed by atoms with Crippen molar-refractivity contribution in [3.8, 4) is 5.75 Å². The van der Waals surface area contributed by atoms with Gasteiger partial charge in [0, 0.05) is 56.5 Å². The number of fused-ring (bicyclic) bond motifs is 1. The lowest BCUT2D eigenvalue weighted by Gasteiger charge is -2.23. The van der Waals surface area contributed by atoms with E-state index in [-0.39, 0.29) is 12.0 Å². The zero-order valence-electron chi connectivity index (χ0n) is 16.8. The van der Waals surface area contributed by atoms with Gasteiger partial charge in [-0.2, -0.15) is 0 Å². The fourth-order valence-electron chi connectivity index (χ4n) is 3.54. The average molecular weight is 382 g/mol. The first-order valence-electron chi connectivity index (χ1n) is 10.4. The lowest BCUT2D eigenvalue weighted by molar-refractivity contribution is -0.121. The molecule has 0 radical (unpaired) electrons. The molecule has 0 fully saturated rings. The molecule has 150 valence electrons. The third-order valence-electron chi connectivity index (χ3n) is 5.09. The Morgan fingerprint density at radius 2 is 2.11 bits per heavy atom. The van der Waals surface area contributed by atoms with Crippen LogP contribution in [0.1, 0.15) is 43.9 Å². The van der Waals surface area contributed by atoms with Gasteiger partial charge in [-0.25, -0.2) is 0 Å². The summed E-state index contributed by atoms with van der Waals surface area (Å²) in [7, 11) is 0. The molecule has 1 aromatic carbocycles. The standard InChI is InChI=1S/C23H31N3O2/c1-2-3-10-21-18-26(17-19-8-4-5-11-22(19)28-21)16-13-23(27)25-15-12-20-9-6-7-14-24-20/h4-9,11,14,21H,2-3,10,12-13,15-18H2,1H3,(H,25,27). The van der Waals surface area contributed by atoms with Gasteiger partial charge in [0.15, 0.2) is 0 Å². The van der Waals surface area contributed by atoms with E-state index >= 15 is 0 Å². The van der Waals surface area contributed by atoms with Crippen LogP contribution in [-0.2, 0) is 17.8 Å². The summed E-state index contributed by atoms with van der Waals surface area (Å²) >= 11 is 0. The Morgan fingerprint density at radius 3 is 2.93 bits per heavy atom. The molecule has 5 nitrogen and oxygen atoms in total. The fraction of sp³-hybridized carbons (Fsp3) is 0.478. The first-order valence-corrected chi connectivity index (χ1v) is 10.4. The second kappa shape index (κ2) is 10.8. The van der Waals surface area contributed by atoms with Crippen LogP contribution in [0, 0.1) is 0 Å². The molecule has 1 aromatic heterocycles. The summed E-state index contributed by atoms with van der Waals surface area (Å²) in [6, 6.07) is 14.1. The smallest absolute Gasteiger partial charge is 0.221 e. The summed E-state index contributed by atoms with van der Waals surface area (Å²) in [4.78, 5) is 18.9. The van der Waals surface area contributed by atoms with Crippen LogP contribution >= 0.6 is 0 Å². The normalized spacial score (nSPS) is 16.7. The molecule has 0 bridgehead atoms. The zero-order valence-corrected chi connectivity index (χ0v) is 16.8. The summed E-state index contributed by atoms with van der Waals surface area (Å²) < 4.78 is 6.26. The lowest BCUT2D eigenvalue weighted by Crippen LogP contribution is -2.36. The monoisotopic (exact) mass is 381 g/mol. The Kier molecular flexibility index (Phi) is 7.85. The highest BCUT2D eigenvalue weighted by molar-refractivity contribution is 5.76. The average Bonchev–Trinajstić information content (AvgIpc) is 2.90.